The summed E-state index contributed by atoms with van der Waals surface area (Å²) in [6.45, 7) is 0.996. The highest BCUT2D eigenvalue weighted by atomic mass is 14.9. The van der Waals surface area contributed by atoms with E-state index in [1.165, 1.54) is 5.57 Å². The summed E-state index contributed by atoms with van der Waals surface area (Å²) in [5.41, 5.74) is 1.31. The number of fused-ring (bicyclic) bond motifs is 1. The van der Waals surface area contributed by atoms with Crippen molar-refractivity contribution >= 4 is 6.21 Å². The van der Waals surface area contributed by atoms with Crippen LogP contribution in [0.3, 0.4) is 0 Å². The van der Waals surface area contributed by atoms with E-state index in [0.717, 1.165) is 13.0 Å². The van der Waals surface area contributed by atoms with Gasteiger partial charge in [0, 0.05) is 31.4 Å². The Morgan fingerprint density at radius 3 is 3.50 bits per heavy atom. The number of nitrogens with zero attached hydrogens (tertiary/aromatic N) is 1. The molecule has 0 fully saturated rings. The van der Waals surface area contributed by atoms with E-state index in [1.54, 1.807) is 0 Å². The molecule has 52 valence electrons. The minimum atomic E-state index is 0.530. The lowest BCUT2D eigenvalue weighted by Gasteiger charge is -2.22. The van der Waals surface area contributed by atoms with Crippen LogP contribution < -0.4 is 5.32 Å². The number of hydrogen-bond acceptors (Lipinski definition) is 2. The van der Waals surface area contributed by atoms with Gasteiger partial charge < -0.3 is 5.32 Å². The average molecular weight is 134 g/mol. The lowest BCUT2D eigenvalue weighted by atomic mass is 10.0. The van der Waals surface area contributed by atoms with Crippen LogP contribution in [0.4, 0.5) is 0 Å². The van der Waals surface area contributed by atoms with Gasteiger partial charge in [-0.2, -0.15) is 0 Å². The molecule has 2 aliphatic heterocycles. The van der Waals surface area contributed by atoms with Crippen molar-refractivity contribution in [2.45, 2.75) is 12.5 Å². The van der Waals surface area contributed by atoms with Gasteiger partial charge in [0.25, 0.3) is 0 Å². The second kappa shape index (κ2) is 2.39. The van der Waals surface area contributed by atoms with Crippen LogP contribution in [-0.4, -0.2) is 18.8 Å². The molecule has 0 amide bonds. The van der Waals surface area contributed by atoms with Crippen LogP contribution in [-0.2, 0) is 0 Å². The summed E-state index contributed by atoms with van der Waals surface area (Å²) in [6.07, 6.45) is 9.20. The molecule has 1 atom stereocenters. The molecule has 0 aromatic rings. The number of hydrogen-bond donors (Lipinski definition) is 1. The fraction of sp³-hybridized carbons (Fsp3) is 0.375. The summed E-state index contributed by atoms with van der Waals surface area (Å²) in [6, 6.07) is 0.530. The van der Waals surface area contributed by atoms with Crippen LogP contribution in [0.2, 0.25) is 0 Å². The Bertz CT molecular complexity index is 213. The van der Waals surface area contributed by atoms with Crippen molar-refractivity contribution in [3.63, 3.8) is 0 Å². The van der Waals surface area contributed by atoms with Gasteiger partial charge in [0.1, 0.15) is 0 Å². The molecular weight excluding hydrogens is 124 g/mol. The highest BCUT2D eigenvalue weighted by molar-refractivity contribution is 5.63. The predicted octanol–water partition coefficient (Wildman–Crippen LogP) is 0.873. The zero-order valence-corrected chi connectivity index (χ0v) is 5.75. The van der Waals surface area contributed by atoms with Gasteiger partial charge in [0.05, 0.1) is 0 Å². The SMILES string of the molecule is C1=CC2=CN=CCC2NC1. The standard InChI is InChI=1S/C8H10N2/c1-2-7-6-9-5-3-8(7)10-4-1/h1-2,5-6,8,10H,3-4H2. The van der Waals surface area contributed by atoms with Crippen LogP contribution in [0.15, 0.2) is 28.9 Å². The quantitative estimate of drug-likeness (QED) is 0.522. The van der Waals surface area contributed by atoms with E-state index in [1.807, 2.05) is 12.4 Å². The second-order valence-corrected chi connectivity index (χ2v) is 2.56. The van der Waals surface area contributed by atoms with Crippen molar-refractivity contribution < 1.29 is 0 Å². The second-order valence-electron chi connectivity index (χ2n) is 2.56. The summed E-state index contributed by atoms with van der Waals surface area (Å²) in [4.78, 5) is 4.08. The minimum Gasteiger partial charge on any atom is -0.306 e. The molecule has 0 bridgehead atoms. The molecule has 2 rings (SSSR count). The topological polar surface area (TPSA) is 24.4 Å². The first-order valence-electron chi connectivity index (χ1n) is 3.58. The maximum Gasteiger partial charge on any atom is 0.0387 e. The molecule has 1 N–H and O–H groups in total. The van der Waals surface area contributed by atoms with E-state index in [9.17, 15) is 0 Å². The molecular formula is C8H10N2. The summed E-state index contributed by atoms with van der Waals surface area (Å²) in [5, 5.41) is 3.37. The third-order valence-corrected chi connectivity index (χ3v) is 1.86. The molecule has 1 unspecified atom stereocenters. The highest BCUT2D eigenvalue weighted by Crippen LogP contribution is 2.14. The van der Waals surface area contributed by atoms with Gasteiger partial charge in [0.2, 0.25) is 0 Å². The average Bonchev–Trinajstić information content (AvgIpc) is 2.05. The minimum absolute atomic E-state index is 0.530. The van der Waals surface area contributed by atoms with E-state index in [0.29, 0.717) is 6.04 Å². The Kier molecular flexibility index (Phi) is 1.40. The van der Waals surface area contributed by atoms with Crippen molar-refractivity contribution in [3.8, 4) is 0 Å². The monoisotopic (exact) mass is 134 g/mol. The smallest absolute Gasteiger partial charge is 0.0387 e. The first-order chi connectivity index (χ1) is 4.97. The van der Waals surface area contributed by atoms with E-state index in [-0.39, 0.29) is 0 Å². The number of rotatable bonds is 0. The van der Waals surface area contributed by atoms with Crippen LogP contribution in [0.1, 0.15) is 6.42 Å². The Balaban J connectivity index is 2.27. The van der Waals surface area contributed by atoms with Crippen LogP contribution in [0, 0.1) is 0 Å². The molecule has 2 aliphatic rings. The van der Waals surface area contributed by atoms with Crippen LogP contribution in [0.5, 0.6) is 0 Å². The molecule has 0 saturated heterocycles. The van der Waals surface area contributed by atoms with Crippen molar-refractivity contribution in [3.05, 3.63) is 23.9 Å². The normalized spacial score (nSPS) is 29.6. The largest absolute Gasteiger partial charge is 0.306 e. The Labute approximate surface area is 60.3 Å². The molecule has 2 nitrogen and oxygen atoms in total. The van der Waals surface area contributed by atoms with Gasteiger partial charge in [0.15, 0.2) is 0 Å². The number of nitrogens with one attached hydrogen (secondary N) is 1. The van der Waals surface area contributed by atoms with Gasteiger partial charge in [-0.15, -0.1) is 0 Å². The summed E-state index contributed by atoms with van der Waals surface area (Å²) < 4.78 is 0. The molecule has 2 heterocycles. The van der Waals surface area contributed by atoms with Gasteiger partial charge in [-0.05, 0) is 5.57 Å². The van der Waals surface area contributed by atoms with Crippen LogP contribution >= 0.6 is 0 Å². The number of aliphatic imine (C=N–C) groups is 1. The molecule has 0 saturated carbocycles. The van der Waals surface area contributed by atoms with Crippen molar-refractivity contribution in [2.75, 3.05) is 6.54 Å². The summed E-state index contributed by atoms with van der Waals surface area (Å²) in [7, 11) is 0. The maximum absolute atomic E-state index is 4.08. The van der Waals surface area contributed by atoms with Crippen LogP contribution in [0.25, 0.3) is 0 Å². The summed E-state index contributed by atoms with van der Waals surface area (Å²) >= 11 is 0. The third kappa shape index (κ3) is 0.907. The molecule has 0 aliphatic carbocycles. The molecule has 10 heavy (non-hydrogen) atoms. The van der Waals surface area contributed by atoms with E-state index < -0.39 is 0 Å². The first-order valence-corrected chi connectivity index (χ1v) is 3.58. The molecule has 0 radical (unpaired) electrons. The molecule has 0 aromatic carbocycles. The van der Waals surface area contributed by atoms with E-state index in [4.69, 9.17) is 0 Å². The Hall–Kier alpha value is -0.890. The van der Waals surface area contributed by atoms with Crippen molar-refractivity contribution in [2.24, 2.45) is 4.99 Å². The van der Waals surface area contributed by atoms with Gasteiger partial charge in [-0.3, -0.25) is 4.99 Å². The summed E-state index contributed by atoms with van der Waals surface area (Å²) in [5.74, 6) is 0. The zero-order valence-electron chi connectivity index (χ0n) is 5.75. The van der Waals surface area contributed by atoms with Gasteiger partial charge >= 0.3 is 0 Å². The lowest BCUT2D eigenvalue weighted by Crippen LogP contribution is -2.34. The molecule has 0 spiro atoms. The third-order valence-electron chi connectivity index (χ3n) is 1.86. The maximum atomic E-state index is 4.08. The molecule has 0 aromatic heterocycles. The Morgan fingerprint density at radius 2 is 2.60 bits per heavy atom. The predicted molar refractivity (Wildman–Crippen MR) is 42.1 cm³/mol. The van der Waals surface area contributed by atoms with Gasteiger partial charge in [-0.25, -0.2) is 0 Å². The van der Waals surface area contributed by atoms with Gasteiger partial charge in [-0.1, -0.05) is 12.2 Å². The fourth-order valence-corrected chi connectivity index (χ4v) is 1.30. The Morgan fingerprint density at radius 1 is 1.60 bits per heavy atom. The fourth-order valence-electron chi connectivity index (χ4n) is 1.30. The van der Waals surface area contributed by atoms with Crippen molar-refractivity contribution in [1.82, 2.24) is 5.32 Å². The van der Waals surface area contributed by atoms with E-state index >= 15 is 0 Å². The first kappa shape index (κ1) is 5.86. The zero-order chi connectivity index (χ0) is 6.81. The van der Waals surface area contributed by atoms with E-state index in [2.05, 4.69) is 22.5 Å². The highest BCUT2D eigenvalue weighted by Gasteiger charge is 2.14. The van der Waals surface area contributed by atoms with Crippen molar-refractivity contribution in [1.29, 1.82) is 0 Å². The molecule has 2 heteroatoms. The lowest BCUT2D eigenvalue weighted by molar-refractivity contribution is 0.618.